The Bertz CT molecular complexity index is 906. The van der Waals surface area contributed by atoms with Crippen LogP contribution < -0.4 is 15.4 Å². The summed E-state index contributed by atoms with van der Waals surface area (Å²) in [6, 6.07) is 6.31. The lowest BCUT2D eigenvalue weighted by Gasteiger charge is -2.33. The highest BCUT2D eigenvalue weighted by Crippen LogP contribution is 2.58. The molecule has 34 heavy (non-hydrogen) atoms. The number of rotatable bonds is 11. The number of ether oxygens (including phenoxy) is 2. The maximum absolute atomic E-state index is 13.6. The summed E-state index contributed by atoms with van der Waals surface area (Å²) in [5, 5.41) is 15.2. The normalized spacial score (nSPS) is 29.3. The number of aliphatic hydroxyl groups excluding tert-OH is 1. The number of aliphatic hydroxyl groups is 1. The third kappa shape index (κ3) is 4.27. The molecule has 4 rings (SSSR count). The lowest BCUT2D eigenvalue weighted by atomic mass is 9.70. The number of nitrogens with one attached hydrogen (secondary N) is 2. The van der Waals surface area contributed by atoms with Gasteiger partial charge in [0, 0.05) is 25.4 Å². The van der Waals surface area contributed by atoms with Crippen LogP contribution in [0.15, 0.2) is 24.3 Å². The maximum atomic E-state index is 13.6. The molecule has 2 unspecified atom stereocenters. The number of benzene rings is 1. The highest BCUT2D eigenvalue weighted by Gasteiger charge is 2.74. The van der Waals surface area contributed by atoms with E-state index in [1.54, 1.807) is 24.3 Å². The van der Waals surface area contributed by atoms with E-state index in [-0.39, 0.29) is 30.9 Å². The SMILES string of the molecule is CCCCNC(=O)C1N(CCCO)C(=O)[C@@H]2[C@@H](C(=O)Nc3ccc(OCC)cc3)[C@H]3CCC12O3. The van der Waals surface area contributed by atoms with Gasteiger partial charge in [-0.3, -0.25) is 14.4 Å². The van der Waals surface area contributed by atoms with Crippen molar-refractivity contribution < 1.29 is 29.0 Å². The van der Waals surface area contributed by atoms with E-state index in [9.17, 15) is 19.5 Å². The van der Waals surface area contributed by atoms with E-state index in [0.29, 0.717) is 43.9 Å². The standard InChI is InChI=1S/C25H35N3O6/c1-3-5-13-26-23(31)21-25-12-11-18(34-25)19(20(25)24(32)28(21)14-6-15-29)22(30)27-16-7-9-17(10-8-16)33-4-2/h7-10,18-21,29H,3-6,11-15H2,1-2H3,(H,26,31)(H,27,30)/t18-,19+,20+,21?,25?/m1/s1. The van der Waals surface area contributed by atoms with E-state index in [4.69, 9.17) is 9.47 Å². The first-order chi connectivity index (χ1) is 16.5. The topological polar surface area (TPSA) is 117 Å². The minimum Gasteiger partial charge on any atom is -0.494 e. The van der Waals surface area contributed by atoms with Crippen molar-refractivity contribution in [2.75, 3.05) is 31.6 Å². The van der Waals surface area contributed by atoms with Gasteiger partial charge >= 0.3 is 0 Å². The molecule has 3 aliphatic heterocycles. The predicted octanol–water partition coefficient (Wildman–Crippen LogP) is 1.70. The second-order valence-electron chi connectivity index (χ2n) is 9.26. The van der Waals surface area contributed by atoms with E-state index in [1.807, 2.05) is 13.8 Å². The van der Waals surface area contributed by atoms with Gasteiger partial charge in [0.1, 0.15) is 17.4 Å². The summed E-state index contributed by atoms with van der Waals surface area (Å²) in [7, 11) is 0. The Morgan fingerprint density at radius 3 is 2.65 bits per heavy atom. The number of hydrogen-bond acceptors (Lipinski definition) is 6. The minimum absolute atomic E-state index is 0.0865. The molecule has 3 aliphatic rings. The number of nitrogens with zero attached hydrogens (tertiary/aromatic N) is 1. The lowest BCUT2D eigenvalue weighted by Crippen LogP contribution is -2.55. The Morgan fingerprint density at radius 1 is 1.21 bits per heavy atom. The van der Waals surface area contributed by atoms with E-state index in [2.05, 4.69) is 10.6 Å². The van der Waals surface area contributed by atoms with Crippen LogP contribution in [0, 0.1) is 11.8 Å². The molecule has 3 fully saturated rings. The molecule has 3 N–H and O–H groups in total. The summed E-state index contributed by atoms with van der Waals surface area (Å²) in [6.45, 7) is 5.19. The molecule has 0 aromatic heterocycles. The Labute approximate surface area is 200 Å². The van der Waals surface area contributed by atoms with Crippen LogP contribution in [0.1, 0.15) is 46.0 Å². The molecule has 3 heterocycles. The number of hydrogen-bond donors (Lipinski definition) is 3. The predicted molar refractivity (Wildman–Crippen MR) is 125 cm³/mol. The number of fused-ring (bicyclic) bond motifs is 1. The van der Waals surface area contributed by atoms with Crippen LogP contribution in [0.4, 0.5) is 5.69 Å². The van der Waals surface area contributed by atoms with Gasteiger partial charge in [0.25, 0.3) is 0 Å². The van der Waals surface area contributed by atoms with E-state index >= 15 is 0 Å². The van der Waals surface area contributed by atoms with Crippen molar-refractivity contribution in [3.63, 3.8) is 0 Å². The van der Waals surface area contributed by atoms with E-state index in [1.165, 1.54) is 4.90 Å². The van der Waals surface area contributed by atoms with E-state index in [0.717, 1.165) is 12.8 Å². The number of unbranched alkanes of at least 4 members (excludes halogenated alkanes) is 1. The van der Waals surface area contributed by atoms with Crippen molar-refractivity contribution in [3.8, 4) is 5.75 Å². The first kappa shape index (κ1) is 24.5. The van der Waals surface area contributed by atoms with Crippen molar-refractivity contribution in [2.45, 2.75) is 63.7 Å². The van der Waals surface area contributed by atoms with Crippen molar-refractivity contribution in [1.29, 1.82) is 0 Å². The van der Waals surface area contributed by atoms with Gasteiger partial charge in [0.2, 0.25) is 17.7 Å². The molecular formula is C25H35N3O6. The molecule has 1 spiro atoms. The highest BCUT2D eigenvalue weighted by atomic mass is 16.5. The zero-order valence-corrected chi connectivity index (χ0v) is 19.9. The van der Waals surface area contributed by atoms with Crippen LogP contribution in [0.2, 0.25) is 0 Å². The fourth-order valence-electron chi connectivity index (χ4n) is 5.75. The largest absolute Gasteiger partial charge is 0.494 e. The molecule has 0 aliphatic carbocycles. The molecule has 1 aromatic rings. The Balaban J connectivity index is 1.56. The van der Waals surface area contributed by atoms with Crippen LogP contribution in [0.5, 0.6) is 5.75 Å². The Kier molecular flexibility index (Phi) is 7.42. The second-order valence-corrected chi connectivity index (χ2v) is 9.26. The first-order valence-corrected chi connectivity index (χ1v) is 12.4. The lowest BCUT2D eigenvalue weighted by molar-refractivity contribution is -0.141. The fourth-order valence-corrected chi connectivity index (χ4v) is 5.75. The summed E-state index contributed by atoms with van der Waals surface area (Å²) in [5.74, 6) is -1.42. The monoisotopic (exact) mass is 473 g/mol. The Hall–Kier alpha value is -2.65. The average molecular weight is 474 g/mol. The molecule has 0 saturated carbocycles. The maximum Gasteiger partial charge on any atom is 0.245 e. The fraction of sp³-hybridized carbons (Fsp3) is 0.640. The minimum atomic E-state index is -1.01. The number of likely N-dealkylation sites (tertiary alicyclic amines) is 1. The smallest absolute Gasteiger partial charge is 0.245 e. The van der Waals surface area contributed by atoms with Crippen molar-refractivity contribution in [2.24, 2.45) is 11.8 Å². The third-order valence-electron chi connectivity index (χ3n) is 7.17. The van der Waals surface area contributed by atoms with E-state index < -0.39 is 29.6 Å². The van der Waals surface area contributed by atoms with Gasteiger partial charge in [-0.2, -0.15) is 0 Å². The summed E-state index contributed by atoms with van der Waals surface area (Å²) in [5.41, 5.74) is -0.393. The number of carbonyl (C=O) groups is 3. The third-order valence-corrected chi connectivity index (χ3v) is 7.17. The molecule has 3 amide bonds. The van der Waals surface area contributed by atoms with Crippen LogP contribution in [-0.2, 0) is 19.1 Å². The summed E-state index contributed by atoms with van der Waals surface area (Å²) >= 11 is 0. The quantitative estimate of drug-likeness (QED) is 0.421. The first-order valence-electron chi connectivity index (χ1n) is 12.4. The van der Waals surface area contributed by atoms with Gasteiger partial charge in [0.15, 0.2) is 0 Å². The van der Waals surface area contributed by atoms with Crippen molar-refractivity contribution in [1.82, 2.24) is 10.2 Å². The molecule has 9 heteroatoms. The van der Waals surface area contributed by atoms with Crippen LogP contribution >= 0.6 is 0 Å². The number of anilines is 1. The van der Waals surface area contributed by atoms with Crippen molar-refractivity contribution >= 4 is 23.4 Å². The number of amides is 3. The van der Waals surface area contributed by atoms with Crippen LogP contribution in [0.3, 0.4) is 0 Å². The van der Waals surface area contributed by atoms with Crippen LogP contribution in [0.25, 0.3) is 0 Å². The molecule has 1 aromatic carbocycles. The van der Waals surface area contributed by atoms with Gasteiger partial charge in [0.05, 0.1) is 24.5 Å². The van der Waals surface area contributed by atoms with Crippen molar-refractivity contribution in [3.05, 3.63) is 24.3 Å². The second kappa shape index (κ2) is 10.3. The molecule has 186 valence electrons. The Morgan fingerprint density at radius 2 is 1.97 bits per heavy atom. The average Bonchev–Trinajstić information content (AvgIpc) is 3.46. The van der Waals surface area contributed by atoms with Gasteiger partial charge in [-0.1, -0.05) is 13.3 Å². The van der Waals surface area contributed by atoms with Crippen LogP contribution in [-0.4, -0.2) is 71.8 Å². The van der Waals surface area contributed by atoms with Gasteiger partial charge in [-0.25, -0.2) is 0 Å². The zero-order valence-electron chi connectivity index (χ0n) is 19.9. The summed E-state index contributed by atoms with van der Waals surface area (Å²) in [6.07, 6.45) is 2.93. The molecule has 9 nitrogen and oxygen atoms in total. The molecule has 3 saturated heterocycles. The molecule has 0 radical (unpaired) electrons. The summed E-state index contributed by atoms with van der Waals surface area (Å²) < 4.78 is 11.8. The van der Waals surface area contributed by atoms with Gasteiger partial charge in [-0.15, -0.1) is 0 Å². The van der Waals surface area contributed by atoms with Gasteiger partial charge in [-0.05, 0) is 56.9 Å². The van der Waals surface area contributed by atoms with Gasteiger partial charge < -0.3 is 30.1 Å². The molecule has 5 atom stereocenters. The zero-order chi connectivity index (χ0) is 24.3. The molecule has 2 bridgehead atoms. The number of carbonyl (C=O) groups excluding carboxylic acids is 3. The highest BCUT2D eigenvalue weighted by molar-refractivity contribution is 6.02. The molecular weight excluding hydrogens is 438 g/mol. The summed E-state index contributed by atoms with van der Waals surface area (Å²) in [4.78, 5) is 41.8.